The van der Waals surface area contributed by atoms with E-state index >= 15 is 0 Å². The maximum Gasteiger partial charge on any atom is 0.191 e. The molecule has 1 aromatic rings. The summed E-state index contributed by atoms with van der Waals surface area (Å²) in [4.78, 5) is 4.54. The summed E-state index contributed by atoms with van der Waals surface area (Å²) < 4.78 is 5.10. The van der Waals surface area contributed by atoms with Gasteiger partial charge in [-0.25, -0.2) is 4.99 Å². The molecular formula is C14H24IN3O. The van der Waals surface area contributed by atoms with E-state index in [4.69, 9.17) is 4.74 Å². The molecule has 4 nitrogen and oxygen atoms in total. The van der Waals surface area contributed by atoms with E-state index in [0.29, 0.717) is 13.2 Å². The summed E-state index contributed by atoms with van der Waals surface area (Å²) in [7, 11) is 1.70. The third-order valence-electron chi connectivity index (χ3n) is 2.41. The van der Waals surface area contributed by atoms with E-state index in [1.54, 1.807) is 7.11 Å². The minimum atomic E-state index is 0. The van der Waals surface area contributed by atoms with E-state index in [9.17, 15) is 0 Å². The highest BCUT2D eigenvalue weighted by molar-refractivity contribution is 14.0. The number of guanidine groups is 1. The molecule has 0 aliphatic rings. The van der Waals surface area contributed by atoms with Crippen LogP contribution in [-0.2, 0) is 11.3 Å². The predicted molar refractivity (Wildman–Crippen MR) is 91.1 cm³/mol. The fourth-order valence-corrected chi connectivity index (χ4v) is 1.60. The van der Waals surface area contributed by atoms with Gasteiger partial charge in [0.25, 0.3) is 0 Å². The van der Waals surface area contributed by atoms with Gasteiger partial charge in [-0.15, -0.1) is 24.0 Å². The Morgan fingerprint density at radius 1 is 1.32 bits per heavy atom. The number of rotatable bonds is 6. The SMILES string of the molecule is CCNC(=NCc1ccccc1)NC(C)COC.I. The zero-order chi connectivity index (χ0) is 13.2. The molecule has 0 saturated heterocycles. The second kappa shape index (κ2) is 11.0. The van der Waals surface area contributed by atoms with Crippen molar-refractivity contribution in [2.45, 2.75) is 26.4 Å². The Labute approximate surface area is 133 Å². The van der Waals surface area contributed by atoms with Crippen LogP contribution >= 0.6 is 24.0 Å². The summed E-state index contributed by atoms with van der Waals surface area (Å²) >= 11 is 0. The van der Waals surface area contributed by atoms with Crippen molar-refractivity contribution in [3.05, 3.63) is 35.9 Å². The number of hydrogen-bond acceptors (Lipinski definition) is 2. The molecule has 1 atom stereocenters. The number of methoxy groups -OCH3 is 1. The lowest BCUT2D eigenvalue weighted by atomic mass is 10.2. The number of benzene rings is 1. The van der Waals surface area contributed by atoms with Crippen molar-refractivity contribution >= 4 is 29.9 Å². The lowest BCUT2D eigenvalue weighted by Gasteiger charge is -2.16. The van der Waals surface area contributed by atoms with Gasteiger partial charge in [0.05, 0.1) is 13.2 Å². The van der Waals surface area contributed by atoms with Crippen LogP contribution in [0.4, 0.5) is 0 Å². The molecule has 1 aromatic carbocycles. The van der Waals surface area contributed by atoms with Gasteiger partial charge >= 0.3 is 0 Å². The van der Waals surface area contributed by atoms with E-state index < -0.39 is 0 Å². The maximum absolute atomic E-state index is 5.10. The average Bonchev–Trinajstić information content (AvgIpc) is 2.38. The Morgan fingerprint density at radius 2 is 2.00 bits per heavy atom. The maximum atomic E-state index is 5.10. The van der Waals surface area contributed by atoms with Gasteiger partial charge in [0.15, 0.2) is 5.96 Å². The van der Waals surface area contributed by atoms with Gasteiger partial charge in [-0.05, 0) is 19.4 Å². The Balaban J connectivity index is 0.00000324. The van der Waals surface area contributed by atoms with E-state index in [-0.39, 0.29) is 30.0 Å². The first-order valence-corrected chi connectivity index (χ1v) is 6.34. The van der Waals surface area contributed by atoms with Gasteiger partial charge in [-0.1, -0.05) is 30.3 Å². The molecule has 0 heterocycles. The molecule has 0 saturated carbocycles. The highest BCUT2D eigenvalue weighted by atomic mass is 127. The topological polar surface area (TPSA) is 45.7 Å². The van der Waals surface area contributed by atoms with Crippen LogP contribution in [0.15, 0.2) is 35.3 Å². The second-order valence-electron chi connectivity index (χ2n) is 4.18. The summed E-state index contributed by atoms with van der Waals surface area (Å²) in [6.07, 6.45) is 0. The van der Waals surface area contributed by atoms with Crippen molar-refractivity contribution < 1.29 is 4.74 Å². The summed E-state index contributed by atoms with van der Waals surface area (Å²) in [5.41, 5.74) is 1.20. The summed E-state index contributed by atoms with van der Waals surface area (Å²) in [5, 5.41) is 6.53. The summed E-state index contributed by atoms with van der Waals surface area (Å²) in [6.45, 7) is 6.31. The van der Waals surface area contributed by atoms with Crippen LogP contribution in [0.2, 0.25) is 0 Å². The molecule has 2 N–H and O–H groups in total. The van der Waals surface area contributed by atoms with Gasteiger partial charge in [0.2, 0.25) is 0 Å². The molecule has 0 bridgehead atoms. The molecule has 19 heavy (non-hydrogen) atoms. The van der Waals surface area contributed by atoms with Crippen LogP contribution in [0.25, 0.3) is 0 Å². The van der Waals surface area contributed by atoms with Crippen LogP contribution in [0, 0.1) is 0 Å². The van der Waals surface area contributed by atoms with E-state index in [2.05, 4.69) is 41.6 Å². The van der Waals surface area contributed by atoms with Crippen LogP contribution in [-0.4, -0.2) is 32.3 Å². The zero-order valence-corrected chi connectivity index (χ0v) is 14.2. The van der Waals surface area contributed by atoms with Crippen molar-refractivity contribution in [3.63, 3.8) is 0 Å². The van der Waals surface area contributed by atoms with Gasteiger partial charge in [0, 0.05) is 19.7 Å². The number of ether oxygens (including phenoxy) is 1. The normalized spacial score (nSPS) is 12.5. The first-order valence-electron chi connectivity index (χ1n) is 6.34. The Bertz CT molecular complexity index is 357. The number of nitrogens with one attached hydrogen (secondary N) is 2. The van der Waals surface area contributed by atoms with Crippen LogP contribution in [0.5, 0.6) is 0 Å². The molecule has 0 spiro atoms. The smallest absolute Gasteiger partial charge is 0.191 e. The van der Waals surface area contributed by atoms with E-state index in [1.165, 1.54) is 5.56 Å². The predicted octanol–water partition coefficient (Wildman–Crippen LogP) is 2.39. The van der Waals surface area contributed by atoms with Gasteiger partial charge in [-0.2, -0.15) is 0 Å². The molecule has 5 heteroatoms. The molecule has 108 valence electrons. The lowest BCUT2D eigenvalue weighted by molar-refractivity contribution is 0.179. The fourth-order valence-electron chi connectivity index (χ4n) is 1.60. The molecular weight excluding hydrogens is 353 g/mol. The van der Waals surface area contributed by atoms with Crippen molar-refractivity contribution in [2.75, 3.05) is 20.3 Å². The first kappa shape index (κ1) is 18.2. The standard InChI is InChI=1S/C14H23N3O.HI/c1-4-15-14(17-12(2)11-18-3)16-10-13-8-6-5-7-9-13;/h5-9,12H,4,10-11H2,1-3H3,(H2,15,16,17);1H. The zero-order valence-electron chi connectivity index (χ0n) is 11.8. The number of hydrogen-bond donors (Lipinski definition) is 2. The number of nitrogens with zero attached hydrogens (tertiary/aromatic N) is 1. The Hall–Kier alpha value is -0.820. The second-order valence-corrected chi connectivity index (χ2v) is 4.18. The van der Waals surface area contributed by atoms with Crippen molar-refractivity contribution in [1.82, 2.24) is 10.6 Å². The lowest BCUT2D eigenvalue weighted by Crippen LogP contribution is -2.43. The highest BCUT2D eigenvalue weighted by Gasteiger charge is 2.03. The molecule has 0 aliphatic carbocycles. The molecule has 0 aromatic heterocycles. The minimum absolute atomic E-state index is 0. The molecule has 0 radical (unpaired) electrons. The summed E-state index contributed by atoms with van der Waals surface area (Å²) in [5.74, 6) is 0.825. The fraction of sp³-hybridized carbons (Fsp3) is 0.500. The van der Waals surface area contributed by atoms with E-state index in [0.717, 1.165) is 12.5 Å². The third kappa shape index (κ3) is 8.05. The largest absolute Gasteiger partial charge is 0.383 e. The first-order chi connectivity index (χ1) is 8.76. The van der Waals surface area contributed by atoms with Crippen molar-refractivity contribution in [1.29, 1.82) is 0 Å². The molecule has 1 unspecified atom stereocenters. The van der Waals surface area contributed by atoms with Gasteiger partial charge in [-0.3, -0.25) is 0 Å². The van der Waals surface area contributed by atoms with Gasteiger partial charge < -0.3 is 15.4 Å². The number of aliphatic imine (C=N–C) groups is 1. The third-order valence-corrected chi connectivity index (χ3v) is 2.41. The Morgan fingerprint density at radius 3 is 2.58 bits per heavy atom. The van der Waals surface area contributed by atoms with Crippen LogP contribution in [0.1, 0.15) is 19.4 Å². The minimum Gasteiger partial charge on any atom is -0.383 e. The number of halogens is 1. The van der Waals surface area contributed by atoms with Crippen LogP contribution < -0.4 is 10.6 Å². The molecule has 0 aliphatic heterocycles. The molecule has 0 fully saturated rings. The average molecular weight is 377 g/mol. The highest BCUT2D eigenvalue weighted by Crippen LogP contribution is 1.99. The van der Waals surface area contributed by atoms with Crippen molar-refractivity contribution in [2.24, 2.45) is 4.99 Å². The Kier molecular flexibility index (Phi) is 10.6. The van der Waals surface area contributed by atoms with Crippen LogP contribution in [0.3, 0.4) is 0 Å². The van der Waals surface area contributed by atoms with Gasteiger partial charge in [0.1, 0.15) is 0 Å². The summed E-state index contributed by atoms with van der Waals surface area (Å²) in [6, 6.07) is 10.5. The van der Waals surface area contributed by atoms with E-state index in [1.807, 2.05) is 18.2 Å². The molecule has 0 amide bonds. The quantitative estimate of drug-likeness (QED) is 0.455. The molecule has 1 rings (SSSR count). The van der Waals surface area contributed by atoms with Crippen molar-refractivity contribution in [3.8, 4) is 0 Å². The monoisotopic (exact) mass is 377 g/mol.